The van der Waals surface area contributed by atoms with Crippen LogP contribution in [-0.4, -0.2) is 23.0 Å². The molecule has 25 heavy (non-hydrogen) atoms. The fraction of sp³-hybridized carbons (Fsp3) is 0.176. The number of anilines is 1. The largest absolute Gasteiger partial charge is 0.453 e. The van der Waals surface area contributed by atoms with Crippen molar-refractivity contribution in [1.29, 1.82) is 0 Å². The SMILES string of the molecule is COC(=O)Nc1cc(-c2ccc(Cl)cc2Cl)c2nn(C)c(C)c2c1.Cl. The fourth-order valence-electron chi connectivity index (χ4n) is 2.57. The molecule has 0 unspecified atom stereocenters. The number of aromatic nitrogens is 2. The van der Waals surface area contributed by atoms with Gasteiger partial charge in [-0.25, -0.2) is 4.79 Å². The highest BCUT2D eigenvalue weighted by molar-refractivity contribution is 6.36. The number of amides is 1. The number of rotatable bonds is 2. The van der Waals surface area contributed by atoms with Gasteiger partial charge in [-0.1, -0.05) is 29.3 Å². The first-order valence-electron chi connectivity index (χ1n) is 7.18. The molecule has 1 N–H and O–H groups in total. The van der Waals surface area contributed by atoms with Crippen molar-refractivity contribution in [3.8, 4) is 11.1 Å². The maximum atomic E-state index is 11.6. The summed E-state index contributed by atoms with van der Waals surface area (Å²) in [5.74, 6) is 0. The Balaban J connectivity index is 0.00000225. The third-order valence-corrected chi connectivity index (χ3v) is 4.44. The number of methoxy groups -OCH3 is 1. The topological polar surface area (TPSA) is 56.1 Å². The Morgan fingerprint density at radius 3 is 2.56 bits per heavy atom. The third kappa shape index (κ3) is 3.68. The lowest BCUT2D eigenvalue weighted by Crippen LogP contribution is -2.10. The van der Waals surface area contributed by atoms with Gasteiger partial charge >= 0.3 is 6.09 Å². The molecule has 1 amide bonds. The molecule has 1 heterocycles. The molecule has 0 aliphatic carbocycles. The van der Waals surface area contributed by atoms with Gasteiger partial charge in [-0.3, -0.25) is 10.00 Å². The van der Waals surface area contributed by atoms with Crippen molar-refractivity contribution in [3.63, 3.8) is 0 Å². The van der Waals surface area contributed by atoms with E-state index in [0.717, 1.165) is 27.7 Å². The Labute approximate surface area is 161 Å². The minimum absolute atomic E-state index is 0. The lowest BCUT2D eigenvalue weighted by atomic mass is 10.0. The Morgan fingerprint density at radius 1 is 1.20 bits per heavy atom. The van der Waals surface area contributed by atoms with E-state index in [0.29, 0.717) is 15.7 Å². The number of ether oxygens (including phenoxy) is 1. The molecule has 0 saturated carbocycles. The summed E-state index contributed by atoms with van der Waals surface area (Å²) in [5, 5.41) is 9.26. The number of nitrogens with one attached hydrogen (secondary N) is 1. The molecule has 0 bridgehead atoms. The van der Waals surface area contributed by atoms with Crippen molar-refractivity contribution in [2.75, 3.05) is 12.4 Å². The first-order valence-corrected chi connectivity index (χ1v) is 7.94. The summed E-state index contributed by atoms with van der Waals surface area (Å²) in [7, 11) is 3.19. The number of carbonyl (C=O) groups excluding carboxylic acids is 1. The van der Waals surface area contributed by atoms with Crippen LogP contribution >= 0.6 is 35.6 Å². The lowest BCUT2D eigenvalue weighted by Gasteiger charge is -2.10. The van der Waals surface area contributed by atoms with Crippen LogP contribution in [-0.2, 0) is 11.8 Å². The summed E-state index contributed by atoms with van der Waals surface area (Å²) in [6, 6.07) is 8.97. The predicted molar refractivity (Wildman–Crippen MR) is 104 cm³/mol. The number of aryl methyl sites for hydroxylation is 2. The van der Waals surface area contributed by atoms with E-state index in [1.54, 1.807) is 16.8 Å². The molecule has 0 fully saturated rings. The van der Waals surface area contributed by atoms with Gasteiger partial charge in [-0.05, 0) is 31.2 Å². The standard InChI is InChI=1S/C17H15Cl2N3O2.ClH/c1-9-13-7-11(20-17(23)24-3)8-14(16(13)21-22(9)2)12-5-4-10(18)6-15(12)19;/h4-8H,1-3H3,(H,20,23);1H. The van der Waals surface area contributed by atoms with E-state index in [9.17, 15) is 4.79 Å². The van der Waals surface area contributed by atoms with Crippen molar-refractivity contribution in [1.82, 2.24) is 9.78 Å². The predicted octanol–water partition coefficient (Wildman–Crippen LogP) is 5.46. The van der Waals surface area contributed by atoms with Crippen LogP contribution in [0, 0.1) is 6.92 Å². The summed E-state index contributed by atoms with van der Waals surface area (Å²) in [4.78, 5) is 11.6. The van der Waals surface area contributed by atoms with Gasteiger partial charge in [0.1, 0.15) is 5.52 Å². The van der Waals surface area contributed by atoms with Crippen LogP contribution in [0.2, 0.25) is 10.0 Å². The van der Waals surface area contributed by atoms with Crippen LogP contribution in [0.1, 0.15) is 5.69 Å². The number of hydrogen-bond acceptors (Lipinski definition) is 3. The highest BCUT2D eigenvalue weighted by atomic mass is 35.5. The van der Waals surface area contributed by atoms with E-state index in [-0.39, 0.29) is 12.4 Å². The highest BCUT2D eigenvalue weighted by Crippen LogP contribution is 2.37. The van der Waals surface area contributed by atoms with Crippen LogP contribution in [0.4, 0.5) is 10.5 Å². The van der Waals surface area contributed by atoms with E-state index in [2.05, 4.69) is 15.2 Å². The van der Waals surface area contributed by atoms with Crippen molar-refractivity contribution >= 4 is 58.3 Å². The molecule has 0 atom stereocenters. The second-order valence-electron chi connectivity index (χ2n) is 5.37. The van der Waals surface area contributed by atoms with Crippen LogP contribution in [0.15, 0.2) is 30.3 Å². The molecule has 3 aromatic rings. The summed E-state index contributed by atoms with van der Waals surface area (Å²) in [6.07, 6.45) is -0.538. The van der Waals surface area contributed by atoms with Crippen molar-refractivity contribution in [2.45, 2.75) is 6.92 Å². The van der Waals surface area contributed by atoms with Crippen LogP contribution in [0.5, 0.6) is 0 Å². The summed E-state index contributed by atoms with van der Waals surface area (Å²) >= 11 is 12.4. The van der Waals surface area contributed by atoms with E-state index < -0.39 is 6.09 Å². The van der Waals surface area contributed by atoms with Crippen LogP contribution in [0.3, 0.4) is 0 Å². The molecule has 0 saturated heterocycles. The third-order valence-electron chi connectivity index (χ3n) is 3.89. The van der Waals surface area contributed by atoms with Gasteiger partial charge in [0, 0.05) is 45.0 Å². The quantitative estimate of drug-likeness (QED) is 0.622. The Morgan fingerprint density at radius 2 is 1.92 bits per heavy atom. The first kappa shape index (κ1) is 19.4. The maximum Gasteiger partial charge on any atom is 0.411 e. The van der Waals surface area contributed by atoms with Gasteiger partial charge in [-0.15, -0.1) is 12.4 Å². The van der Waals surface area contributed by atoms with Crippen molar-refractivity contribution < 1.29 is 9.53 Å². The molecule has 0 spiro atoms. The number of benzene rings is 2. The number of carbonyl (C=O) groups is 1. The minimum atomic E-state index is -0.538. The van der Waals surface area contributed by atoms with Gasteiger partial charge in [0.15, 0.2) is 0 Å². The molecule has 2 aromatic carbocycles. The molecule has 1 aromatic heterocycles. The smallest absolute Gasteiger partial charge is 0.411 e. The molecular weight excluding hydrogens is 385 g/mol. The zero-order valence-corrected chi connectivity index (χ0v) is 16.1. The zero-order chi connectivity index (χ0) is 17.4. The highest BCUT2D eigenvalue weighted by Gasteiger charge is 2.16. The monoisotopic (exact) mass is 399 g/mol. The van der Waals surface area contributed by atoms with E-state index in [1.807, 2.05) is 32.2 Å². The second kappa shape index (κ2) is 7.52. The Bertz CT molecular complexity index is 954. The van der Waals surface area contributed by atoms with Gasteiger partial charge in [0.25, 0.3) is 0 Å². The fourth-order valence-corrected chi connectivity index (χ4v) is 3.08. The summed E-state index contributed by atoms with van der Waals surface area (Å²) in [5.41, 5.74) is 3.98. The number of halogens is 3. The number of fused-ring (bicyclic) bond motifs is 1. The summed E-state index contributed by atoms with van der Waals surface area (Å²) in [6.45, 7) is 1.96. The molecular formula is C17H16Cl3N3O2. The molecule has 0 aliphatic rings. The van der Waals surface area contributed by atoms with E-state index in [1.165, 1.54) is 7.11 Å². The van der Waals surface area contributed by atoms with Gasteiger partial charge in [0.2, 0.25) is 0 Å². The Hall–Kier alpha value is -1.95. The van der Waals surface area contributed by atoms with Crippen molar-refractivity contribution in [2.24, 2.45) is 7.05 Å². The molecule has 0 aliphatic heterocycles. The molecule has 5 nitrogen and oxygen atoms in total. The van der Waals surface area contributed by atoms with E-state index in [4.69, 9.17) is 23.2 Å². The Kier molecular flexibility index (Phi) is 5.83. The van der Waals surface area contributed by atoms with Gasteiger partial charge < -0.3 is 4.74 Å². The summed E-state index contributed by atoms with van der Waals surface area (Å²) < 4.78 is 6.46. The van der Waals surface area contributed by atoms with Crippen LogP contribution < -0.4 is 5.32 Å². The number of nitrogens with zero attached hydrogens (tertiary/aromatic N) is 2. The normalized spacial score (nSPS) is 10.4. The van der Waals surface area contributed by atoms with Gasteiger partial charge in [0.05, 0.1) is 7.11 Å². The van der Waals surface area contributed by atoms with E-state index >= 15 is 0 Å². The van der Waals surface area contributed by atoms with Gasteiger partial charge in [-0.2, -0.15) is 5.10 Å². The molecule has 3 rings (SSSR count). The second-order valence-corrected chi connectivity index (χ2v) is 6.21. The van der Waals surface area contributed by atoms with Crippen molar-refractivity contribution in [3.05, 3.63) is 46.1 Å². The molecule has 132 valence electrons. The minimum Gasteiger partial charge on any atom is -0.453 e. The average molecular weight is 401 g/mol. The number of hydrogen-bond donors (Lipinski definition) is 1. The lowest BCUT2D eigenvalue weighted by molar-refractivity contribution is 0.187. The zero-order valence-electron chi connectivity index (χ0n) is 13.8. The maximum absolute atomic E-state index is 11.6. The molecule has 0 radical (unpaired) electrons. The molecule has 8 heteroatoms. The average Bonchev–Trinajstić information content (AvgIpc) is 2.82. The van der Waals surface area contributed by atoms with Crippen LogP contribution in [0.25, 0.3) is 22.0 Å². The first-order chi connectivity index (χ1) is 11.4.